The molecule has 0 aliphatic rings. The number of hydrogen-bond acceptors (Lipinski definition) is 2. The zero-order valence-electron chi connectivity index (χ0n) is 12.7. The van der Waals surface area contributed by atoms with Crippen LogP contribution in [0.1, 0.15) is 22.8 Å². The third-order valence-corrected chi connectivity index (χ3v) is 3.48. The van der Waals surface area contributed by atoms with Crippen molar-refractivity contribution in [2.75, 3.05) is 11.9 Å². The number of rotatable bonds is 4. The van der Waals surface area contributed by atoms with Gasteiger partial charge in [0, 0.05) is 11.3 Å². The molecule has 0 saturated carbocycles. The lowest BCUT2D eigenvalue weighted by molar-refractivity contribution is 0.182. The van der Waals surface area contributed by atoms with Gasteiger partial charge < -0.3 is 16.2 Å². The van der Waals surface area contributed by atoms with Gasteiger partial charge in [0.1, 0.15) is 11.9 Å². The molecule has 4 nitrogen and oxygen atoms in total. The number of benzene rings is 2. The van der Waals surface area contributed by atoms with Crippen LogP contribution < -0.4 is 11.1 Å². The van der Waals surface area contributed by atoms with Crippen molar-refractivity contribution in [3.63, 3.8) is 0 Å². The maximum Gasteiger partial charge on any atom is 0.193 e. The summed E-state index contributed by atoms with van der Waals surface area (Å²) in [7, 11) is 0. The Balaban J connectivity index is 2.00. The average molecular weight is 301 g/mol. The van der Waals surface area contributed by atoms with E-state index in [2.05, 4.69) is 10.3 Å². The molecule has 5 heteroatoms. The number of nitrogens with zero attached hydrogens (tertiary/aromatic N) is 1. The van der Waals surface area contributed by atoms with Crippen molar-refractivity contribution in [2.45, 2.75) is 20.0 Å². The molecule has 0 spiro atoms. The van der Waals surface area contributed by atoms with E-state index >= 15 is 0 Å². The van der Waals surface area contributed by atoms with E-state index in [1.165, 1.54) is 17.7 Å². The molecule has 1 unspecified atom stereocenters. The predicted octanol–water partition coefficient (Wildman–Crippen LogP) is 2.90. The molecular weight excluding hydrogens is 281 g/mol. The summed E-state index contributed by atoms with van der Waals surface area (Å²) in [5.41, 5.74) is 9.16. The molecule has 0 radical (unpaired) electrons. The SMILES string of the molecule is Cc1ccc(NC(N)=NCC(O)c2ccccc2F)cc1C. The van der Waals surface area contributed by atoms with Crippen molar-refractivity contribution in [1.29, 1.82) is 0 Å². The number of nitrogens with one attached hydrogen (secondary N) is 1. The van der Waals surface area contributed by atoms with Gasteiger partial charge in [0.15, 0.2) is 5.96 Å². The van der Waals surface area contributed by atoms with Gasteiger partial charge in [-0.1, -0.05) is 24.3 Å². The Kier molecular flexibility index (Phi) is 5.12. The number of nitrogens with two attached hydrogens (primary N) is 1. The molecule has 0 heterocycles. The number of aryl methyl sites for hydroxylation is 2. The van der Waals surface area contributed by atoms with Crippen molar-refractivity contribution in [2.24, 2.45) is 10.7 Å². The van der Waals surface area contributed by atoms with Crippen LogP contribution in [-0.4, -0.2) is 17.6 Å². The number of aliphatic hydroxyl groups is 1. The van der Waals surface area contributed by atoms with Gasteiger partial charge in [0.2, 0.25) is 0 Å². The van der Waals surface area contributed by atoms with Gasteiger partial charge in [-0.25, -0.2) is 4.39 Å². The molecule has 22 heavy (non-hydrogen) atoms. The first-order valence-corrected chi connectivity index (χ1v) is 7.04. The summed E-state index contributed by atoms with van der Waals surface area (Å²) in [4.78, 5) is 4.06. The molecule has 0 aromatic heterocycles. The largest absolute Gasteiger partial charge is 0.386 e. The smallest absolute Gasteiger partial charge is 0.193 e. The molecule has 0 aliphatic heterocycles. The quantitative estimate of drug-likeness (QED) is 0.600. The van der Waals surface area contributed by atoms with Crippen molar-refractivity contribution < 1.29 is 9.50 Å². The van der Waals surface area contributed by atoms with E-state index < -0.39 is 11.9 Å². The maximum absolute atomic E-state index is 13.5. The van der Waals surface area contributed by atoms with Crippen LogP contribution in [0.4, 0.5) is 10.1 Å². The summed E-state index contributed by atoms with van der Waals surface area (Å²) < 4.78 is 13.5. The highest BCUT2D eigenvalue weighted by atomic mass is 19.1. The molecule has 2 aromatic carbocycles. The summed E-state index contributed by atoms with van der Waals surface area (Å²) in [6, 6.07) is 11.9. The fourth-order valence-electron chi connectivity index (χ4n) is 2.04. The Labute approximate surface area is 129 Å². The molecule has 4 N–H and O–H groups in total. The van der Waals surface area contributed by atoms with Gasteiger partial charge in [-0.15, -0.1) is 0 Å². The first-order valence-electron chi connectivity index (χ1n) is 7.04. The standard InChI is InChI=1S/C17H20FN3O/c1-11-7-8-13(9-12(11)2)21-17(19)20-10-16(22)14-5-3-4-6-15(14)18/h3-9,16,22H,10H2,1-2H3,(H3,19,20,21). The van der Waals surface area contributed by atoms with Crippen molar-refractivity contribution in [3.05, 3.63) is 65.0 Å². The van der Waals surface area contributed by atoms with E-state index in [0.29, 0.717) is 0 Å². The van der Waals surface area contributed by atoms with E-state index in [4.69, 9.17) is 5.73 Å². The summed E-state index contributed by atoms with van der Waals surface area (Å²) >= 11 is 0. The summed E-state index contributed by atoms with van der Waals surface area (Å²) in [6.07, 6.45) is -1.03. The van der Waals surface area contributed by atoms with Gasteiger partial charge in [-0.2, -0.15) is 0 Å². The molecule has 0 amide bonds. The zero-order valence-corrected chi connectivity index (χ0v) is 12.7. The minimum absolute atomic E-state index is 0.00932. The van der Waals surface area contributed by atoms with E-state index in [1.807, 2.05) is 32.0 Å². The molecule has 0 fully saturated rings. The number of anilines is 1. The summed E-state index contributed by atoms with van der Waals surface area (Å²) in [6.45, 7) is 4.03. The Morgan fingerprint density at radius 2 is 1.95 bits per heavy atom. The number of hydrogen-bond donors (Lipinski definition) is 3. The maximum atomic E-state index is 13.5. The highest BCUT2D eigenvalue weighted by Crippen LogP contribution is 2.17. The van der Waals surface area contributed by atoms with E-state index in [-0.39, 0.29) is 18.1 Å². The molecule has 116 valence electrons. The average Bonchev–Trinajstić information content (AvgIpc) is 2.49. The van der Waals surface area contributed by atoms with Gasteiger partial charge in [0.05, 0.1) is 6.54 Å². The molecule has 0 bridgehead atoms. The monoisotopic (exact) mass is 301 g/mol. The molecular formula is C17H20FN3O. The topological polar surface area (TPSA) is 70.6 Å². The fourth-order valence-corrected chi connectivity index (χ4v) is 2.04. The van der Waals surface area contributed by atoms with Crippen LogP contribution in [0.25, 0.3) is 0 Å². The van der Waals surface area contributed by atoms with Crippen molar-refractivity contribution in [3.8, 4) is 0 Å². The third-order valence-electron chi connectivity index (χ3n) is 3.48. The first-order chi connectivity index (χ1) is 10.5. The zero-order chi connectivity index (χ0) is 16.1. The van der Waals surface area contributed by atoms with Crippen LogP contribution >= 0.6 is 0 Å². The molecule has 0 aliphatic carbocycles. The van der Waals surface area contributed by atoms with Crippen LogP contribution in [-0.2, 0) is 0 Å². The lowest BCUT2D eigenvalue weighted by Crippen LogP contribution is -2.23. The predicted molar refractivity (Wildman–Crippen MR) is 87.4 cm³/mol. The van der Waals surface area contributed by atoms with Crippen LogP contribution in [0.5, 0.6) is 0 Å². The van der Waals surface area contributed by atoms with Crippen molar-refractivity contribution in [1.82, 2.24) is 0 Å². The van der Waals surface area contributed by atoms with Crippen LogP contribution in [0.2, 0.25) is 0 Å². The van der Waals surface area contributed by atoms with Gasteiger partial charge in [0.25, 0.3) is 0 Å². The minimum Gasteiger partial charge on any atom is -0.386 e. The Morgan fingerprint density at radius 1 is 1.23 bits per heavy atom. The minimum atomic E-state index is -1.03. The normalized spacial score (nSPS) is 13.0. The number of aliphatic imine (C=N–C) groups is 1. The fraction of sp³-hybridized carbons (Fsp3) is 0.235. The van der Waals surface area contributed by atoms with Gasteiger partial charge in [-0.05, 0) is 43.2 Å². The van der Waals surface area contributed by atoms with Gasteiger partial charge in [-0.3, -0.25) is 4.99 Å². The molecule has 0 saturated heterocycles. The molecule has 2 aromatic rings. The van der Waals surface area contributed by atoms with Crippen LogP contribution in [0.15, 0.2) is 47.5 Å². The Morgan fingerprint density at radius 3 is 2.64 bits per heavy atom. The second kappa shape index (κ2) is 7.04. The molecule has 2 rings (SSSR count). The highest BCUT2D eigenvalue weighted by molar-refractivity contribution is 5.92. The van der Waals surface area contributed by atoms with E-state index in [9.17, 15) is 9.50 Å². The summed E-state index contributed by atoms with van der Waals surface area (Å²) in [5.74, 6) is -0.274. The number of guanidine groups is 1. The van der Waals surface area contributed by atoms with E-state index in [1.54, 1.807) is 12.1 Å². The first kappa shape index (κ1) is 16.0. The number of halogens is 1. The van der Waals surface area contributed by atoms with E-state index in [0.717, 1.165) is 11.3 Å². The Bertz CT molecular complexity index is 685. The van der Waals surface area contributed by atoms with Crippen LogP contribution in [0, 0.1) is 19.7 Å². The van der Waals surface area contributed by atoms with Crippen molar-refractivity contribution >= 4 is 11.6 Å². The summed E-state index contributed by atoms with van der Waals surface area (Å²) in [5, 5.41) is 12.9. The van der Waals surface area contributed by atoms with Crippen LogP contribution in [0.3, 0.4) is 0 Å². The molecule has 1 atom stereocenters. The lowest BCUT2D eigenvalue weighted by Gasteiger charge is -2.11. The Hall–Kier alpha value is -2.40. The third kappa shape index (κ3) is 4.05. The number of aliphatic hydroxyl groups excluding tert-OH is 1. The second-order valence-electron chi connectivity index (χ2n) is 5.19. The second-order valence-corrected chi connectivity index (χ2v) is 5.19. The highest BCUT2D eigenvalue weighted by Gasteiger charge is 2.11. The van der Waals surface area contributed by atoms with Gasteiger partial charge >= 0.3 is 0 Å². The lowest BCUT2D eigenvalue weighted by atomic mass is 10.1.